The number of unbranched alkanes of at least 4 members (excludes halogenated alkanes) is 4. The minimum absolute atomic E-state index is 0.0146. The van der Waals surface area contributed by atoms with E-state index in [-0.39, 0.29) is 42.3 Å². The van der Waals surface area contributed by atoms with Gasteiger partial charge in [-0.15, -0.1) is 10.2 Å². The van der Waals surface area contributed by atoms with Gasteiger partial charge >= 0.3 is 0 Å². The van der Waals surface area contributed by atoms with Gasteiger partial charge in [-0.05, 0) is 80.4 Å². The van der Waals surface area contributed by atoms with Crippen molar-refractivity contribution < 1.29 is 97.3 Å². The summed E-state index contributed by atoms with van der Waals surface area (Å²) in [7, 11) is 1.70. The van der Waals surface area contributed by atoms with Crippen molar-refractivity contribution in [2.24, 2.45) is 11.7 Å². The number of nitrogens with one attached hydrogen (secondary N) is 5. The van der Waals surface area contributed by atoms with Gasteiger partial charge in [0, 0.05) is 81.6 Å². The van der Waals surface area contributed by atoms with Crippen LogP contribution in [-0.2, 0) is 54.1 Å². The summed E-state index contributed by atoms with van der Waals surface area (Å²) in [5.41, 5.74) is 7.24. The fraction of sp³-hybridized carbons (Fsp3) is 0.517. The number of methoxy groups -OCH3 is 1. The fourth-order valence-corrected chi connectivity index (χ4v) is 11.7. The van der Waals surface area contributed by atoms with Crippen LogP contribution in [-0.4, -0.2) is 216 Å². The summed E-state index contributed by atoms with van der Waals surface area (Å²) in [6.45, 7) is 2.00. The molecule has 30 nitrogen and oxygen atoms in total. The lowest BCUT2D eigenvalue weighted by molar-refractivity contribution is -0.433. The van der Waals surface area contributed by atoms with E-state index in [4.69, 9.17) is 24.6 Å². The normalized spacial score (nSPS) is 24.6. The third kappa shape index (κ3) is 18.6. The first kappa shape index (κ1) is 70.0. The first-order valence-electron chi connectivity index (χ1n) is 29.2. The minimum atomic E-state index is -2.18. The molecule has 490 valence electrons. The number of ketones is 1. The van der Waals surface area contributed by atoms with Crippen molar-refractivity contribution >= 4 is 70.8 Å². The Labute approximate surface area is 525 Å². The number of β-amino-alcohol motifs (C(OH)–C–C–N with tert-alkyl or cyclic N) is 1. The van der Waals surface area contributed by atoms with E-state index in [1.54, 1.807) is 19.2 Å². The second-order valence-corrected chi connectivity index (χ2v) is 23.5. The molecule has 0 bridgehead atoms. The molecule has 32 heteroatoms. The van der Waals surface area contributed by atoms with Gasteiger partial charge in [-0.1, -0.05) is 65.1 Å². The zero-order valence-electron chi connectivity index (χ0n) is 49.5. The summed E-state index contributed by atoms with van der Waals surface area (Å²) in [5.74, 6) is -9.90. The third-order valence-corrected chi connectivity index (χ3v) is 16.8. The van der Waals surface area contributed by atoms with Crippen LogP contribution in [0.4, 0.5) is 0 Å². The monoisotopic (exact) mass is 1300 g/mol. The molecule has 1 aromatic heterocycles. The summed E-state index contributed by atoms with van der Waals surface area (Å²) in [6, 6.07) is 5.64. The molecule has 3 fully saturated rings. The molecule has 0 unspecified atom stereocenters. The number of aromatic nitrogens is 2. The number of hydrogen-bond acceptors (Lipinski definition) is 25. The maximum atomic E-state index is 14.6. The average molecular weight is 1300 g/mol. The molecule has 3 aliphatic heterocycles. The molecule has 0 radical (unpaired) electrons. The Bertz CT molecular complexity index is 3110. The molecule has 12 atom stereocenters. The number of Topliss-reactive ketones (excluding diaryl/α,β-unsaturated/α-hetero) is 1. The minimum Gasteiger partial charge on any atom is -0.504 e. The highest BCUT2D eigenvalue weighted by molar-refractivity contribution is 7.90. The zero-order chi connectivity index (χ0) is 65.2. The van der Waals surface area contributed by atoms with Gasteiger partial charge in [0.05, 0.1) is 37.1 Å². The number of aliphatic hydroxyl groups is 5. The molecule has 7 amide bonds. The summed E-state index contributed by atoms with van der Waals surface area (Å²) >= 11 is 1.37. The Balaban J connectivity index is 1.14. The molecule has 0 spiro atoms. The molecule has 3 aliphatic rings. The van der Waals surface area contributed by atoms with Crippen molar-refractivity contribution in [2.45, 2.75) is 138 Å². The summed E-state index contributed by atoms with van der Waals surface area (Å²) < 4.78 is 20.3. The Morgan fingerprint density at radius 1 is 0.789 bits per heavy atom. The van der Waals surface area contributed by atoms with E-state index >= 15 is 0 Å². The molecule has 14 N–H and O–H groups in total. The molecule has 0 aliphatic carbocycles. The Morgan fingerprint density at radius 2 is 1.44 bits per heavy atom. The number of carbonyl (C=O) groups excluding carboxylic acids is 8. The molecule has 3 aromatic carbocycles. The van der Waals surface area contributed by atoms with Crippen LogP contribution in [0, 0.1) is 5.92 Å². The van der Waals surface area contributed by atoms with Crippen molar-refractivity contribution in [1.82, 2.24) is 46.6 Å². The average Bonchev–Trinajstić information content (AvgIpc) is 1.79. The zero-order valence-corrected chi connectivity index (χ0v) is 51.1. The van der Waals surface area contributed by atoms with Gasteiger partial charge in [0.25, 0.3) is 24.1 Å². The Morgan fingerprint density at radius 3 is 2.10 bits per heavy atom. The number of rotatable bonds is 24. The number of phenols is 1. The maximum Gasteiger partial charge on any atom is 0.261 e. The third-order valence-electron chi connectivity index (χ3n) is 15.4. The lowest BCUT2D eigenvalue weighted by Gasteiger charge is -2.32. The van der Waals surface area contributed by atoms with Crippen LogP contribution < -0.4 is 41.2 Å². The van der Waals surface area contributed by atoms with Gasteiger partial charge in [0.15, 0.2) is 23.3 Å². The van der Waals surface area contributed by atoms with Crippen molar-refractivity contribution in [3.63, 3.8) is 0 Å². The van der Waals surface area contributed by atoms with E-state index in [2.05, 4.69) is 46.2 Å². The number of hydrogen-bond donors (Lipinski definition) is 13. The second kappa shape index (κ2) is 33.6. The van der Waals surface area contributed by atoms with Crippen molar-refractivity contribution in [2.75, 3.05) is 46.5 Å². The Kier molecular flexibility index (Phi) is 26.1. The van der Waals surface area contributed by atoms with E-state index in [1.165, 1.54) is 36.5 Å². The van der Waals surface area contributed by atoms with Crippen LogP contribution in [0.25, 0.3) is 21.1 Å². The van der Waals surface area contributed by atoms with Crippen molar-refractivity contribution in [3.05, 3.63) is 77.9 Å². The molecular formula is C58H76N10O20S2. The fourth-order valence-electron chi connectivity index (χ4n) is 10.5. The lowest BCUT2D eigenvalue weighted by atomic mass is 9.99. The molecular weight excluding hydrogens is 1220 g/mol. The Hall–Kier alpha value is -7.47. The van der Waals surface area contributed by atoms with Gasteiger partial charge in [0.1, 0.15) is 46.0 Å². The number of carbonyl (C=O) groups is 8. The number of fused-ring (bicyclic) bond motifs is 2. The second-order valence-electron chi connectivity index (χ2n) is 22.1. The number of nitrogens with zero attached hydrogens (tertiary/aromatic N) is 4. The number of amides is 7. The van der Waals surface area contributed by atoms with Crippen LogP contribution in [0.2, 0.25) is 0 Å². The number of aromatic hydroxyl groups is 1. The number of nitrogens with two attached hydrogens (primary N) is 1. The molecule has 7 rings (SSSR count). The van der Waals surface area contributed by atoms with Crippen LogP contribution in [0.3, 0.4) is 0 Å². The molecule has 3 saturated heterocycles. The standard InChI is InChI=1S/C58H76N10O20S2/c1-30-28-68-48(49(30)75)54(80)60-27-36(70)25-39(61-50(76)33-10-12-34(13-11-33)55-65-66-56(89-55)35-14-16-38(17-15-35)85-22-8-6-4-5-7-21-84-3)51(77)62-45(31(2)69)57(81)67-29-37(71)26-40(67)52(78)63-46(53(79)64-47(58(68)82)42(73)19-20-59)43(74)23-32-9-18-41(72)44(24-32)86-90-88-87-83/h9-18,24,30-31,36-37,39-40,43,45-49,69-72,74-75,83H,4-8,19-23,25-29,59H2,1-3H3,(H,60,80)(H,61,76)(H,62,77)(H,63,78)(H,64,79)/t30-,31+,36+,37+,39+,40+,43-,45+,46+,47+,48+,49+/m1/s1. The van der Waals surface area contributed by atoms with Gasteiger partial charge in [-0.3, -0.25) is 38.4 Å². The maximum absolute atomic E-state index is 14.6. The van der Waals surface area contributed by atoms with Crippen LogP contribution in [0.15, 0.2) is 66.7 Å². The van der Waals surface area contributed by atoms with Gasteiger partial charge in [0.2, 0.25) is 29.5 Å². The molecule has 0 saturated carbocycles. The molecule has 90 heavy (non-hydrogen) atoms. The lowest BCUT2D eigenvalue weighted by Crippen LogP contribution is -2.63. The van der Waals surface area contributed by atoms with E-state index in [0.29, 0.717) is 22.2 Å². The van der Waals surface area contributed by atoms with Crippen molar-refractivity contribution in [1.29, 1.82) is 0 Å². The topological polar surface area (TPSA) is 443 Å². The van der Waals surface area contributed by atoms with Crippen molar-refractivity contribution in [3.8, 4) is 38.4 Å². The SMILES string of the molecule is COCCCCCCCOc1ccc(-c2nnc(-c3ccc(C(=O)N[C@H]4C[C@H](O)CNC(=O)[C@@H]5[C@@H](O)[C@H](C)CN5C(=O)[C@H](C(=O)CCN)NC(=O)[C@H]([C@H](O)Cc5ccc(O)c(OSOOO)c5)NC(=O)[C@@H]5C[C@H](O)CN5C(=O)[C@H]([C@H](C)O)NC4=O)cc3)s2)cc1. The first-order valence-corrected chi connectivity index (χ1v) is 30.6. The predicted molar refractivity (Wildman–Crippen MR) is 320 cm³/mol. The van der Waals surface area contributed by atoms with E-state index < -0.39 is 164 Å². The summed E-state index contributed by atoms with van der Waals surface area (Å²) in [4.78, 5) is 117. The highest BCUT2D eigenvalue weighted by Crippen LogP contribution is 2.33. The van der Waals surface area contributed by atoms with Gasteiger partial charge < -0.3 is 86.4 Å². The smallest absolute Gasteiger partial charge is 0.261 e. The highest BCUT2D eigenvalue weighted by Gasteiger charge is 2.50. The van der Waals surface area contributed by atoms with Gasteiger partial charge in [-0.2, -0.15) is 0 Å². The van der Waals surface area contributed by atoms with Crippen LogP contribution >= 0.6 is 23.7 Å². The molecule has 4 aromatic rings. The summed E-state index contributed by atoms with van der Waals surface area (Å²) in [5, 5.41) is 101. The van der Waals surface area contributed by atoms with E-state index in [9.17, 15) is 69.0 Å². The van der Waals surface area contributed by atoms with Crippen LogP contribution in [0.1, 0.15) is 81.1 Å². The number of ether oxygens (including phenoxy) is 2. The molecule has 4 heterocycles. The summed E-state index contributed by atoms with van der Waals surface area (Å²) in [6.07, 6.45) is -5.54. The van der Waals surface area contributed by atoms with Gasteiger partial charge in [-0.25, -0.2) is 5.26 Å². The first-order chi connectivity index (χ1) is 43.1. The van der Waals surface area contributed by atoms with E-state index in [0.717, 1.165) is 78.9 Å². The van der Waals surface area contributed by atoms with Crippen LogP contribution in [0.5, 0.6) is 17.2 Å². The van der Waals surface area contributed by atoms with E-state index in [1.807, 2.05) is 24.3 Å². The number of aliphatic hydroxyl groups excluding tert-OH is 5. The predicted octanol–water partition coefficient (Wildman–Crippen LogP) is -0.578. The quantitative estimate of drug-likeness (QED) is 0.0137. The number of benzene rings is 3. The largest absolute Gasteiger partial charge is 0.504 e. The highest BCUT2D eigenvalue weighted by atomic mass is 32.2. The number of phenolic OH excluding ortho intramolecular Hbond substituents is 1.